The Kier molecular flexibility index (Phi) is 4.95. The SMILES string of the molecule is O=C(O)c1ccccc1.O[C@@H]1CCC[C@@H]1O. The van der Waals surface area contributed by atoms with Gasteiger partial charge in [0.1, 0.15) is 0 Å². The van der Waals surface area contributed by atoms with Crippen LogP contribution in [0.25, 0.3) is 0 Å². The van der Waals surface area contributed by atoms with Gasteiger partial charge < -0.3 is 15.3 Å². The molecule has 0 aliphatic heterocycles. The van der Waals surface area contributed by atoms with Crippen LogP contribution in [0.2, 0.25) is 0 Å². The van der Waals surface area contributed by atoms with Crippen molar-refractivity contribution in [1.82, 2.24) is 0 Å². The molecule has 4 heteroatoms. The highest BCUT2D eigenvalue weighted by Crippen LogP contribution is 2.17. The number of aliphatic hydroxyl groups excluding tert-OH is 2. The average molecular weight is 224 g/mol. The summed E-state index contributed by atoms with van der Waals surface area (Å²) in [6.07, 6.45) is 1.67. The van der Waals surface area contributed by atoms with Crippen LogP contribution in [-0.4, -0.2) is 33.5 Å². The molecule has 4 nitrogen and oxygen atoms in total. The number of carboxylic acid groups (broad SMARTS) is 1. The highest BCUT2D eigenvalue weighted by atomic mass is 16.4. The number of rotatable bonds is 1. The minimum Gasteiger partial charge on any atom is -0.478 e. The van der Waals surface area contributed by atoms with Crippen LogP contribution in [-0.2, 0) is 0 Å². The number of hydrogen-bond donors (Lipinski definition) is 3. The Morgan fingerprint density at radius 2 is 1.56 bits per heavy atom. The van der Waals surface area contributed by atoms with Gasteiger partial charge in [0.2, 0.25) is 0 Å². The molecule has 0 heterocycles. The van der Waals surface area contributed by atoms with Crippen LogP contribution in [0.4, 0.5) is 0 Å². The van der Waals surface area contributed by atoms with Crippen LogP contribution in [0.5, 0.6) is 0 Å². The van der Waals surface area contributed by atoms with Gasteiger partial charge in [0.25, 0.3) is 0 Å². The molecule has 0 amide bonds. The van der Waals surface area contributed by atoms with E-state index in [4.69, 9.17) is 15.3 Å². The van der Waals surface area contributed by atoms with E-state index in [9.17, 15) is 4.79 Å². The lowest BCUT2D eigenvalue weighted by Crippen LogP contribution is -2.17. The molecule has 0 bridgehead atoms. The summed E-state index contributed by atoms with van der Waals surface area (Å²) in [5.74, 6) is -0.879. The van der Waals surface area contributed by atoms with Crippen molar-refractivity contribution in [1.29, 1.82) is 0 Å². The zero-order valence-corrected chi connectivity index (χ0v) is 8.91. The van der Waals surface area contributed by atoms with Crippen molar-refractivity contribution >= 4 is 5.97 Å². The van der Waals surface area contributed by atoms with Crippen LogP contribution in [0.3, 0.4) is 0 Å². The van der Waals surface area contributed by atoms with Gasteiger partial charge in [-0.3, -0.25) is 0 Å². The standard InChI is InChI=1S/C7H6O2.C5H10O2/c8-7(9)6-4-2-1-3-5-6;6-4-2-1-3-5(4)7/h1-5H,(H,8,9);4-7H,1-3H2/t;4-,5+. The molecule has 0 unspecified atom stereocenters. The second-order valence-corrected chi connectivity index (χ2v) is 3.74. The summed E-state index contributed by atoms with van der Waals surface area (Å²) in [5, 5.41) is 25.9. The number of hydrogen-bond acceptors (Lipinski definition) is 3. The molecule has 0 spiro atoms. The number of carbonyl (C=O) groups is 1. The van der Waals surface area contributed by atoms with E-state index in [1.165, 1.54) is 0 Å². The molecule has 2 atom stereocenters. The van der Waals surface area contributed by atoms with Gasteiger partial charge in [-0.15, -0.1) is 0 Å². The number of aromatic carboxylic acids is 1. The molecule has 16 heavy (non-hydrogen) atoms. The van der Waals surface area contributed by atoms with Crippen molar-refractivity contribution in [2.24, 2.45) is 0 Å². The van der Waals surface area contributed by atoms with Crippen LogP contribution >= 0.6 is 0 Å². The second-order valence-electron chi connectivity index (χ2n) is 3.74. The van der Waals surface area contributed by atoms with Crippen molar-refractivity contribution in [3.63, 3.8) is 0 Å². The molecule has 0 radical (unpaired) electrons. The minimum absolute atomic E-state index is 0.331. The van der Waals surface area contributed by atoms with E-state index in [0.717, 1.165) is 19.3 Å². The molecular formula is C12H16O4. The molecule has 3 N–H and O–H groups in total. The van der Waals surface area contributed by atoms with Crippen LogP contribution in [0, 0.1) is 0 Å². The van der Waals surface area contributed by atoms with Gasteiger partial charge in [0, 0.05) is 0 Å². The van der Waals surface area contributed by atoms with Gasteiger partial charge in [-0.1, -0.05) is 18.2 Å². The Hall–Kier alpha value is -1.39. The van der Waals surface area contributed by atoms with Gasteiger partial charge in [0.15, 0.2) is 0 Å². The molecule has 2 rings (SSSR count). The molecule has 1 aliphatic carbocycles. The molecule has 1 aromatic rings. The van der Waals surface area contributed by atoms with Gasteiger partial charge in [-0.25, -0.2) is 4.79 Å². The fourth-order valence-corrected chi connectivity index (χ4v) is 1.50. The summed E-state index contributed by atoms with van der Waals surface area (Å²) in [7, 11) is 0. The van der Waals surface area contributed by atoms with Crippen molar-refractivity contribution < 1.29 is 20.1 Å². The number of aliphatic hydroxyl groups is 2. The molecule has 1 fully saturated rings. The monoisotopic (exact) mass is 224 g/mol. The van der Waals surface area contributed by atoms with E-state index in [1.54, 1.807) is 30.3 Å². The molecular weight excluding hydrogens is 208 g/mol. The lowest BCUT2D eigenvalue weighted by Gasteiger charge is -2.03. The van der Waals surface area contributed by atoms with Gasteiger partial charge in [-0.05, 0) is 31.4 Å². The number of carboxylic acids is 1. The Balaban J connectivity index is 0.000000165. The van der Waals surface area contributed by atoms with Crippen molar-refractivity contribution in [2.45, 2.75) is 31.5 Å². The summed E-state index contributed by atoms with van der Waals surface area (Å²) in [6, 6.07) is 8.30. The third-order valence-electron chi connectivity index (χ3n) is 2.46. The first-order valence-corrected chi connectivity index (χ1v) is 5.25. The zero-order valence-electron chi connectivity index (χ0n) is 8.91. The van der Waals surface area contributed by atoms with E-state index in [-0.39, 0.29) is 0 Å². The third-order valence-corrected chi connectivity index (χ3v) is 2.46. The normalized spacial score (nSPS) is 23.4. The largest absolute Gasteiger partial charge is 0.478 e. The summed E-state index contributed by atoms with van der Waals surface area (Å²) < 4.78 is 0. The molecule has 1 aliphatic rings. The maximum atomic E-state index is 10.2. The molecule has 0 saturated heterocycles. The lowest BCUT2D eigenvalue weighted by atomic mass is 10.2. The smallest absolute Gasteiger partial charge is 0.335 e. The van der Waals surface area contributed by atoms with Crippen LogP contribution in [0.1, 0.15) is 29.6 Å². The predicted octanol–water partition coefficient (Wildman–Crippen LogP) is 1.28. The van der Waals surface area contributed by atoms with Crippen molar-refractivity contribution in [3.8, 4) is 0 Å². The average Bonchev–Trinajstić information content (AvgIpc) is 2.65. The molecule has 1 aromatic carbocycles. The first-order chi connectivity index (χ1) is 7.61. The maximum Gasteiger partial charge on any atom is 0.335 e. The highest BCUT2D eigenvalue weighted by molar-refractivity contribution is 5.87. The first-order valence-electron chi connectivity index (χ1n) is 5.25. The topological polar surface area (TPSA) is 77.8 Å². The van der Waals surface area contributed by atoms with Gasteiger partial charge in [0.05, 0.1) is 17.8 Å². The van der Waals surface area contributed by atoms with E-state index >= 15 is 0 Å². The minimum atomic E-state index is -0.879. The van der Waals surface area contributed by atoms with Crippen LogP contribution < -0.4 is 0 Å². The fraction of sp³-hybridized carbons (Fsp3) is 0.417. The van der Waals surface area contributed by atoms with Gasteiger partial charge >= 0.3 is 5.97 Å². The third kappa shape index (κ3) is 4.00. The highest BCUT2D eigenvalue weighted by Gasteiger charge is 2.21. The predicted molar refractivity (Wildman–Crippen MR) is 59.3 cm³/mol. The lowest BCUT2D eigenvalue weighted by molar-refractivity contribution is 0.0438. The fourth-order valence-electron chi connectivity index (χ4n) is 1.50. The van der Waals surface area contributed by atoms with Gasteiger partial charge in [-0.2, -0.15) is 0 Å². The van der Waals surface area contributed by atoms with Crippen molar-refractivity contribution in [3.05, 3.63) is 35.9 Å². The quantitative estimate of drug-likeness (QED) is 0.671. The summed E-state index contributed by atoms with van der Waals surface area (Å²) in [4.78, 5) is 10.2. The summed E-state index contributed by atoms with van der Waals surface area (Å²) in [5.41, 5.74) is 0.331. The zero-order chi connectivity index (χ0) is 12.0. The summed E-state index contributed by atoms with van der Waals surface area (Å²) in [6.45, 7) is 0. The Morgan fingerprint density at radius 1 is 1.06 bits per heavy atom. The number of benzene rings is 1. The Bertz CT molecular complexity index is 315. The van der Waals surface area contributed by atoms with E-state index in [1.807, 2.05) is 0 Å². The Labute approximate surface area is 94.2 Å². The molecule has 1 saturated carbocycles. The Morgan fingerprint density at radius 3 is 1.81 bits per heavy atom. The van der Waals surface area contributed by atoms with E-state index < -0.39 is 18.2 Å². The maximum absolute atomic E-state index is 10.2. The van der Waals surface area contributed by atoms with E-state index in [0.29, 0.717) is 5.56 Å². The second kappa shape index (κ2) is 6.25. The summed E-state index contributed by atoms with van der Waals surface area (Å²) >= 11 is 0. The molecule has 88 valence electrons. The first kappa shape index (κ1) is 12.7. The van der Waals surface area contributed by atoms with Crippen LogP contribution in [0.15, 0.2) is 30.3 Å². The molecule has 0 aromatic heterocycles. The van der Waals surface area contributed by atoms with Crippen molar-refractivity contribution in [2.75, 3.05) is 0 Å². The van der Waals surface area contributed by atoms with E-state index in [2.05, 4.69) is 0 Å².